The molecule has 2 fully saturated rings. The summed E-state index contributed by atoms with van der Waals surface area (Å²) in [7, 11) is 0. The van der Waals surface area contributed by atoms with Gasteiger partial charge < -0.3 is 10.2 Å². The molecule has 0 aromatic carbocycles. The van der Waals surface area contributed by atoms with E-state index in [1.54, 1.807) is 6.08 Å². The Morgan fingerprint density at radius 2 is 2.04 bits per heavy atom. The van der Waals surface area contributed by atoms with E-state index < -0.39 is 0 Å². The van der Waals surface area contributed by atoms with E-state index in [1.807, 2.05) is 6.08 Å². The number of hydrogen-bond acceptors (Lipinski definition) is 3. The van der Waals surface area contributed by atoms with Crippen LogP contribution in [-0.2, 0) is 4.79 Å². The summed E-state index contributed by atoms with van der Waals surface area (Å²) in [5, 5.41) is 20.8. The highest BCUT2D eigenvalue weighted by atomic mass is 16.3. The Labute approximate surface area is 137 Å². The zero-order valence-electron chi connectivity index (χ0n) is 14.0. The first kappa shape index (κ1) is 15.2. The molecule has 4 rings (SSSR count). The molecule has 0 bridgehead atoms. The van der Waals surface area contributed by atoms with Crippen LogP contribution in [-0.4, -0.2) is 22.1 Å². The Kier molecular flexibility index (Phi) is 3.19. The van der Waals surface area contributed by atoms with E-state index >= 15 is 0 Å². The first-order valence-electron chi connectivity index (χ1n) is 8.89. The van der Waals surface area contributed by atoms with Crippen molar-refractivity contribution in [2.45, 2.75) is 52.1 Å². The van der Waals surface area contributed by atoms with Crippen LogP contribution in [0.25, 0.3) is 0 Å². The van der Waals surface area contributed by atoms with Crippen molar-refractivity contribution < 1.29 is 15.0 Å². The molecule has 124 valence electrons. The fraction of sp³-hybridized carbons (Fsp3) is 0.650. The van der Waals surface area contributed by atoms with Gasteiger partial charge in [0.25, 0.3) is 0 Å². The summed E-state index contributed by atoms with van der Waals surface area (Å²) in [4.78, 5) is 11.8. The average Bonchev–Trinajstić information content (AvgIpc) is 2.52. The van der Waals surface area contributed by atoms with Crippen LogP contribution in [0.5, 0.6) is 0 Å². The van der Waals surface area contributed by atoms with E-state index in [4.69, 9.17) is 0 Å². The minimum Gasteiger partial charge on any atom is -0.504 e. The molecule has 0 aromatic rings. The molecule has 0 aliphatic heterocycles. The van der Waals surface area contributed by atoms with Gasteiger partial charge in [0.15, 0.2) is 5.76 Å². The molecule has 0 amide bonds. The maximum absolute atomic E-state index is 11.8. The molecule has 4 aliphatic rings. The second kappa shape index (κ2) is 4.83. The summed E-state index contributed by atoms with van der Waals surface area (Å²) in [6.07, 6.45) is 12.4. The molecule has 6 atom stereocenters. The second-order valence-electron chi connectivity index (χ2n) is 8.37. The van der Waals surface area contributed by atoms with Gasteiger partial charge in [-0.3, -0.25) is 4.79 Å². The predicted octanol–water partition coefficient (Wildman–Crippen LogP) is 3.71. The Morgan fingerprint density at radius 1 is 1.26 bits per heavy atom. The van der Waals surface area contributed by atoms with Gasteiger partial charge in [0.1, 0.15) is 0 Å². The van der Waals surface area contributed by atoms with Crippen molar-refractivity contribution in [3.63, 3.8) is 0 Å². The number of ketones is 1. The van der Waals surface area contributed by atoms with Crippen LogP contribution in [0.1, 0.15) is 46.0 Å². The van der Waals surface area contributed by atoms with Crippen LogP contribution >= 0.6 is 0 Å². The zero-order valence-corrected chi connectivity index (χ0v) is 14.0. The molecule has 4 aliphatic carbocycles. The molecule has 0 heterocycles. The molecule has 0 unspecified atom stereocenters. The van der Waals surface area contributed by atoms with Gasteiger partial charge in [0, 0.05) is 10.8 Å². The van der Waals surface area contributed by atoms with Crippen LogP contribution in [0.3, 0.4) is 0 Å². The van der Waals surface area contributed by atoms with Gasteiger partial charge in [-0.25, -0.2) is 0 Å². The first-order valence-corrected chi connectivity index (χ1v) is 8.89. The average molecular weight is 314 g/mol. The minimum atomic E-state index is -0.250. The summed E-state index contributed by atoms with van der Waals surface area (Å²) in [5.74, 6) is 1.09. The van der Waals surface area contributed by atoms with Gasteiger partial charge in [0.05, 0.1) is 6.10 Å². The lowest BCUT2D eigenvalue weighted by Crippen LogP contribution is -2.54. The van der Waals surface area contributed by atoms with Crippen molar-refractivity contribution in [1.29, 1.82) is 0 Å². The Balaban J connectivity index is 1.75. The summed E-state index contributed by atoms with van der Waals surface area (Å²) in [6, 6.07) is 0. The van der Waals surface area contributed by atoms with Gasteiger partial charge in [0.2, 0.25) is 5.78 Å². The van der Waals surface area contributed by atoms with Crippen LogP contribution in [0, 0.1) is 28.6 Å². The van der Waals surface area contributed by atoms with Crippen molar-refractivity contribution in [2.75, 3.05) is 0 Å². The number of fused-ring (bicyclic) bond motifs is 5. The number of hydrogen-bond donors (Lipinski definition) is 2. The predicted molar refractivity (Wildman–Crippen MR) is 88.7 cm³/mol. The van der Waals surface area contributed by atoms with Gasteiger partial charge in [-0.15, -0.1) is 0 Å². The molecule has 0 aromatic heterocycles. The smallest absolute Gasteiger partial charge is 0.219 e. The van der Waals surface area contributed by atoms with E-state index in [2.05, 4.69) is 26.0 Å². The largest absolute Gasteiger partial charge is 0.504 e. The van der Waals surface area contributed by atoms with Gasteiger partial charge in [-0.05, 0) is 61.5 Å². The van der Waals surface area contributed by atoms with Crippen molar-refractivity contribution in [1.82, 2.24) is 0 Å². The molecule has 2 N–H and O–H groups in total. The molecule has 0 saturated heterocycles. The second-order valence-corrected chi connectivity index (χ2v) is 8.37. The summed E-state index contributed by atoms with van der Waals surface area (Å²) in [6.45, 7) is 4.43. The number of aliphatic hydroxyl groups is 2. The first-order chi connectivity index (χ1) is 10.9. The third-order valence-electron chi connectivity index (χ3n) is 7.45. The van der Waals surface area contributed by atoms with Crippen molar-refractivity contribution in [2.24, 2.45) is 28.6 Å². The number of carbonyl (C=O) groups is 1. The summed E-state index contributed by atoms with van der Waals surface area (Å²) in [5.41, 5.74) is 0.706. The number of aliphatic hydroxyl groups excluding tert-OH is 2. The standard InChI is InChI=1S/C20H26O3/c1-19-11-9-16(21)18(23)15(19)7-6-12-13-4-3-5-17(22)20(13,2)10-8-14(12)19/h3-4,9,11-14,17,22-23H,5-8,10H2,1-2H3/t12-,13-,14-,17-,19+,20-/m0/s1. The topological polar surface area (TPSA) is 57.5 Å². The van der Waals surface area contributed by atoms with Crippen LogP contribution in [0.15, 0.2) is 35.6 Å². The van der Waals surface area contributed by atoms with E-state index in [9.17, 15) is 15.0 Å². The van der Waals surface area contributed by atoms with Crippen molar-refractivity contribution in [3.05, 3.63) is 35.6 Å². The Morgan fingerprint density at radius 3 is 2.83 bits per heavy atom. The minimum absolute atomic E-state index is 0.0130. The monoisotopic (exact) mass is 314 g/mol. The lowest BCUT2D eigenvalue weighted by atomic mass is 9.46. The zero-order chi connectivity index (χ0) is 16.4. The Hall–Kier alpha value is -1.35. The Bertz CT molecular complexity index is 643. The molecule has 2 saturated carbocycles. The number of allylic oxidation sites excluding steroid dienone is 4. The highest BCUT2D eigenvalue weighted by molar-refractivity contribution is 6.04. The van der Waals surface area contributed by atoms with Crippen LogP contribution in [0.2, 0.25) is 0 Å². The molecule has 0 radical (unpaired) electrons. The SMILES string of the molecule is C[C@]12CC[C@H]3[C@@H](CCC4=C(O)C(=O)C=C[C@@]43C)[C@@H]1C=CC[C@@H]2O. The fourth-order valence-electron chi connectivity index (χ4n) is 5.96. The van der Waals surface area contributed by atoms with Crippen LogP contribution < -0.4 is 0 Å². The lowest BCUT2D eigenvalue weighted by molar-refractivity contribution is -0.115. The fourth-order valence-corrected chi connectivity index (χ4v) is 5.96. The van der Waals surface area contributed by atoms with Crippen LogP contribution in [0.4, 0.5) is 0 Å². The highest BCUT2D eigenvalue weighted by Crippen LogP contribution is 2.62. The van der Waals surface area contributed by atoms with E-state index in [1.165, 1.54) is 0 Å². The maximum Gasteiger partial charge on any atom is 0.219 e. The molecule has 3 nitrogen and oxygen atoms in total. The molecular weight excluding hydrogens is 288 g/mol. The van der Waals surface area contributed by atoms with Crippen molar-refractivity contribution >= 4 is 5.78 Å². The number of carbonyl (C=O) groups excluding carboxylic acids is 1. The molecule has 3 heteroatoms. The third-order valence-corrected chi connectivity index (χ3v) is 7.45. The molecule has 0 spiro atoms. The maximum atomic E-state index is 11.8. The van der Waals surface area contributed by atoms with E-state index in [-0.39, 0.29) is 28.5 Å². The lowest BCUT2D eigenvalue weighted by Gasteiger charge is -2.59. The van der Waals surface area contributed by atoms with Gasteiger partial charge in [-0.1, -0.05) is 32.1 Å². The molecular formula is C20H26O3. The normalized spacial score (nSPS) is 48.7. The summed E-state index contributed by atoms with van der Waals surface area (Å²) >= 11 is 0. The van der Waals surface area contributed by atoms with Crippen molar-refractivity contribution in [3.8, 4) is 0 Å². The third kappa shape index (κ3) is 1.89. The van der Waals surface area contributed by atoms with Gasteiger partial charge in [-0.2, -0.15) is 0 Å². The van der Waals surface area contributed by atoms with Gasteiger partial charge >= 0.3 is 0 Å². The summed E-state index contributed by atoms with van der Waals surface area (Å²) < 4.78 is 0. The van der Waals surface area contributed by atoms with E-state index in [0.29, 0.717) is 17.8 Å². The quantitative estimate of drug-likeness (QED) is 0.670. The van der Waals surface area contributed by atoms with E-state index in [0.717, 1.165) is 37.7 Å². The molecule has 23 heavy (non-hydrogen) atoms. The highest BCUT2D eigenvalue weighted by Gasteiger charge is 2.56. The number of rotatable bonds is 0.